The molecule has 6 nitrogen and oxygen atoms in total. The molecule has 0 unspecified atom stereocenters. The molecule has 1 aliphatic carbocycles. The number of carbonyl (C=O) groups is 1. The summed E-state index contributed by atoms with van der Waals surface area (Å²) in [6.07, 6.45) is 4.07. The molecule has 7 heteroatoms. The second-order valence-electron chi connectivity index (χ2n) is 6.78. The van der Waals surface area contributed by atoms with Crippen molar-refractivity contribution < 1.29 is 9.53 Å². The highest BCUT2D eigenvalue weighted by Crippen LogP contribution is 2.38. The van der Waals surface area contributed by atoms with Gasteiger partial charge in [-0.05, 0) is 18.9 Å². The van der Waals surface area contributed by atoms with E-state index in [1.54, 1.807) is 19.1 Å². The number of hydrogen-bond donors (Lipinski definition) is 2. The van der Waals surface area contributed by atoms with Crippen molar-refractivity contribution in [3.8, 4) is 5.75 Å². The predicted octanol–water partition coefficient (Wildman–Crippen LogP) is 2.63. The summed E-state index contributed by atoms with van der Waals surface area (Å²) in [5, 5.41) is 6.65. The number of hydrogen-bond acceptors (Lipinski definition) is 3. The second-order valence-corrected chi connectivity index (χ2v) is 6.78. The summed E-state index contributed by atoms with van der Waals surface area (Å²) in [7, 11) is 7.07. The molecule has 1 aromatic carbocycles. The smallest absolute Gasteiger partial charge is 0.230 e. The molecule has 0 heterocycles. The van der Waals surface area contributed by atoms with Crippen molar-refractivity contribution in [2.24, 2.45) is 10.4 Å². The van der Waals surface area contributed by atoms with Crippen LogP contribution in [0.5, 0.6) is 5.75 Å². The molecule has 1 fully saturated rings. The lowest BCUT2D eigenvalue weighted by atomic mass is 9.84. The maximum absolute atomic E-state index is 12.6. The van der Waals surface area contributed by atoms with Gasteiger partial charge in [0, 0.05) is 39.8 Å². The summed E-state index contributed by atoms with van der Waals surface area (Å²) in [6, 6.07) is 7.90. The largest absolute Gasteiger partial charge is 0.496 e. The first-order chi connectivity index (χ1) is 12.0. The highest BCUT2D eigenvalue weighted by atomic mass is 127. The lowest BCUT2D eigenvalue weighted by Crippen LogP contribution is -2.49. The maximum atomic E-state index is 12.6. The molecule has 2 N–H and O–H groups in total. The predicted molar refractivity (Wildman–Crippen MR) is 116 cm³/mol. The van der Waals surface area contributed by atoms with Crippen LogP contribution in [0.1, 0.15) is 31.2 Å². The average Bonchev–Trinajstić information content (AvgIpc) is 3.11. The summed E-state index contributed by atoms with van der Waals surface area (Å²) in [5.74, 6) is 1.75. The second kappa shape index (κ2) is 10.6. The quantitative estimate of drug-likeness (QED) is 0.378. The molecule has 0 aliphatic heterocycles. The van der Waals surface area contributed by atoms with E-state index in [9.17, 15) is 4.79 Å². The number of amides is 1. The van der Waals surface area contributed by atoms with Crippen LogP contribution in [-0.4, -0.2) is 51.6 Å². The fourth-order valence-corrected chi connectivity index (χ4v) is 3.49. The summed E-state index contributed by atoms with van der Waals surface area (Å²) < 4.78 is 5.38. The number of benzene rings is 1. The Kier molecular flexibility index (Phi) is 9.18. The van der Waals surface area contributed by atoms with Crippen LogP contribution in [-0.2, 0) is 11.3 Å². The van der Waals surface area contributed by atoms with Gasteiger partial charge in [0.05, 0.1) is 12.5 Å². The number of nitrogens with zero attached hydrogens (tertiary/aromatic N) is 2. The summed E-state index contributed by atoms with van der Waals surface area (Å²) in [5.41, 5.74) is 0.749. The van der Waals surface area contributed by atoms with Crippen LogP contribution in [0.15, 0.2) is 29.3 Å². The fourth-order valence-electron chi connectivity index (χ4n) is 3.49. The number of para-hydroxylation sites is 1. The molecule has 0 aromatic heterocycles. The Morgan fingerprint density at radius 3 is 2.46 bits per heavy atom. The van der Waals surface area contributed by atoms with Crippen LogP contribution in [0.2, 0.25) is 0 Å². The third kappa shape index (κ3) is 5.49. The van der Waals surface area contributed by atoms with Crippen molar-refractivity contribution in [1.82, 2.24) is 15.5 Å². The van der Waals surface area contributed by atoms with E-state index in [1.165, 1.54) is 0 Å². The topological polar surface area (TPSA) is 66.0 Å². The average molecular weight is 474 g/mol. The molecule has 2 rings (SSSR count). The fraction of sp³-hybridized carbons (Fsp3) is 0.579. The van der Waals surface area contributed by atoms with Crippen molar-refractivity contribution >= 4 is 35.8 Å². The van der Waals surface area contributed by atoms with E-state index in [0.717, 1.165) is 37.0 Å². The van der Waals surface area contributed by atoms with Gasteiger partial charge in [-0.3, -0.25) is 9.79 Å². The van der Waals surface area contributed by atoms with Gasteiger partial charge in [-0.1, -0.05) is 31.0 Å². The van der Waals surface area contributed by atoms with Crippen molar-refractivity contribution in [3.05, 3.63) is 29.8 Å². The first kappa shape index (κ1) is 22.5. The van der Waals surface area contributed by atoms with Gasteiger partial charge in [0.1, 0.15) is 5.75 Å². The van der Waals surface area contributed by atoms with Gasteiger partial charge in [-0.25, -0.2) is 0 Å². The van der Waals surface area contributed by atoms with Crippen LogP contribution in [0.25, 0.3) is 0 Å². The van der Waals surface area contributed by atoms with Crippen LogP contribution in [0.4, 0.5) is 0 Å². The zero-order chi connectivity index (χ0) is 18.3. The number of carbonyl (C=O) groups excluding carboxylic acids is 1. The van der Waals surface area contributed by atoms with Gasteiger partial charge < -0.3 is 20.3 Å². The number of ether oxygens (including phenoxy) is 1. The van der Waals surface area contributed by atoms with E-state index < -0.39 is 0 Å². The Morgan fingerprint density at radius 2 is 1.88 bits per heavy atom. The van der Waals surface area contributed by atoms with Gasteiger partial charge in [0.2, 0.25) is 5.91 Å². The van der Waals surface area contributed by atoms with Crippen LogP contribution < -0.4 is 15.4 Å². The first-order valence-corrected chi connectivity index (χ1v) is 8.80. The lowest BCUT2D eigenvalue weighted by molar-refractivity contribution is -0.138. The molecule has 26 heavy (non-hydrogen) atoms. The van der Waals surface area contributed by atoms with Crippen molar-refractivity contribution in [2.75, 3.05) is 34.8 Å². The maximum Gasteiger partial charge on any atom is 0.230 e. The van der Waals surface area contributed by atoms with E-state index >= 15 is 0 Å². The molecular weight excluding hydrogens is 443 g/mol. The standard InChI is InChI=1S/C19H30N4O2.HI/c1-20-18(21-13-15-9-5-6-10-16(15)25-4)22-14-19(11-7-8-12-19)17(24)23(2)3;/h5-6,9-10H,7-8,11-14H2,1-4H3,(H2,20,21,22);1H. The SMILES string of the molecule is CN=C(NCc1ccccc1OC)NCC1(C(=O)N(C)C)CCCC1.I. The van der Waals surface area contributed by atoms with E-state index in [0.29, 0.717) is 19.0 Å². The summed E-state index contributed by atoms with van der Waals surface area (Å²) in [6.45, 7) is 1.22. The van der Waals surface area contributed by atoms with Gasteiger partial charge in [0.25, 0.3) is 0 Å². The zero-order valence-corrected chi connectivity index (χ0v) is 18.5. The van der Waals surface area contributed by atoms with Gasteiger partial charge in [0.15, 0.2) is 5.96 Å². The third-order valence-electron chi connectivity index (χ3n) is 4.88. The van der Waals surface area contributed by atoms with E-state index in [1.807, 2.05) is 38.4 Å². The monoisotopic (exact) mass is 474 g/mol. The number of guanidine groups is 1. The van der Waals surface area contributed by atoms with Crippen LogP contribution >= 0.6 is 24.0 Å². The molecule has 1 aromatic rings. The van der Waals surface area contributed by atoms with E-state index in [4.69, 9.17) is 4.74 Å². The van der Waals surface area contributed by atoms with Crippen LogP contribution in [0.3, 0.4) is 0 Å². The summed E-state index contributed by atoms with van der Waals surface area (Å²) >= 11 is 0. The third-order valence-corrected chi connectivity index (χ3v) is 4.88. The van der Waals surface area contributed by atoms with Gasteiger partial charge in [-0.15, -0.1) is 24.0 Å². The minimum Gasteiger partial charge on any atom is -0.496 e. The molecule has 0 bridgehead atoms. The van der Waals surface area contributed by atoms with Gasteiger partial charge in [-0.2, -0.15) is 0 Å². The molecule has 0 atom stereocenters. The molecule has 0 saturated heterocycles. The molecule has 0 radical (unpaired) electrons. The molecule has 1 aliphatic rings. The normalized spacial score (nSPS) is 15.8. The molecule has 0 spiro atoms. The number of halogens is 1. The summed E-state index contributed by atoms with van der Waals surface area (Å²) in [4.78, 5) is 18.6. The highest BCUT2D eigenvalue weighted by Gasteiger charge is 2.42. The van der Waals surface area contributed by atoms with E-state index in [2.05, 4.69) is 15.6 Å². The lowest BCUT2D eigenvalue weighted by Gasteiger charge is -2.31. The highest BCUT2D eigenvalue weighted by molar-refractivity contribution is 14.0. The van der Waals surface area contributed by atoms with Gasteiger partial charge >= 0.3 is 0 Å². The number of aliphatic imine (C=N–C) groups is 1. The van der Waals surface area contributed by atoms with Crippen molar-refractivity contribution in [2.45, 2.75) is 32.2 Å². The molecule has 146 valence electrons. The van der Waals surface area contributed by atoms with Crippen molar-refractivity contribution in [1.29, 1.82) is 0 Å². The molecular formula is C19H31IN4O2. The molecule has 1 amide bonds. The number of nitrogens with one attached hydrogen (secondary N) is 2. The first-order valence-electron chi connectivity index (χ1n) is 8.80. The Bertz CT molecular complexity index is 613. The van der Waals surface area contributed by atoms with Crippen molar-refractivity contribution in [3.63, 3.8) is 0 Å². The zero-order valence-electron chi connectivity index (χ0n) is 16.2. The minimum absolute atomic E-state index is 0. The Labute approximate surface area is 173 Å². The van der Waals surface area contributed by atoms with Crippen LogP contribution in [0, 0.1) is 5.41 Å². The Balaban J connectivity index is 0.00000338. The minimum atomic E-state index is -0.314. The van der Waals surface area contributed by atoms with E-state index in [-0.39, 0.29) is 35.3 Å². The Hall–Kier alpha value is -1.51. The number of methoxy groups -OCH3 is 1. The number of rotatable bonds is 6. The molecule has 1 saturated carbocycles. The Morgan fingerprint density at radius 1 is 1.23 bits per heavy atom.